The molecule has 0 aliphatic carbocycles. The van der Waals surface area contributed by atoms with Crippen LogP contribution in [0.4, 0.5) is 0 Å². The Hall–Kier alpha value is -0.890. The highest BCUT2D eigenvalue weighted by molar-refractivity contribution is 5.91. The van der Waals surface area contributed by atoms with Crippen LogP contribution in [0.5, 0.6) is 0 Å². The summed E-state index contributed by atoms with van der Waals surface area (Å²) in [5, 5.41) is 8.53. The summed E-state index contributed by atoms with van der Waals surface area (Å²) in [4.78, 5) is 11.4. The number of hydrogen-bond donors (Lipinski definition) is 1. The Balaban J connectivity index is 3.64. The maximum atomic E-state index is 11.4. The first-order valence-electron chi connectivity index (χ1n) is 5.14. The Bertz CT molecular complexity index is 194. The zero-order valence-corrected chi connectivity index (χ0v) is 8.91. The number of allylic oxidation sites excluding steroid dienone is 3. The first kappa shape index (κ1) is 13.1. The zero-order chi connectivity index (χ0) is 10.8. The molecule has 0 bridgehead atoms. The Morgan fingerprint density at radius 2 is 2.21 bits per heavy atom. The van der Waals surface area contributed by atoms with Gasteiger partial charge in [-0.2, -0.15) is 0 Å². The van der Waals surface area contributed by atoms with Gasteiger partial charge in [0.1, 0.15) is 0 Å². The second-order valence-electron chi connectivity index (χ2n) is 3.45. The van der Waals surface area contributed by atoms with E-state index in [0.29, 0.717) is 0 Å². The van der Waals surface area contributed by atoms with Crippen molar-refractivity contribution in [3.05, 3.63) is 24.8 Å². The molecule has 2 nitrogen and oxygen atoms in total. The Labute approximate surface area is 86.3 Å². The molecule has 0 fully saturated rings. The van der Waals surface area contributed by atoms with Crippen molar-refractivity contribution in [2.45, 2.75) is 32.6 Å². The Morgan fingerprint density at radius 3 is 2.79 bits per heavy atom. The number of carbonyl (C=O) groups excluding carboxylic acids is 1. The number of rotatable bonds is 8. The van der Waals surface area contributed by atoms with E-state index < -0.39 is 0 Å². The molecule has 2 heteroatoms. The molecule has 1 atom stereocenters. The van der Waals surface area contributed by atoms with Gasteiger partial charge in [-0.05, 0) is 31.8 Å². The Morgan fingerprint density at radius 1 is 1.50 bits per heavy atom. The van der Waals surface area contributed by atoms with E-state index >= 15 is 0 Å². The summed E-state index contributed by atoms with van der Waals surface area (Å²) >= 11 is 0. The monoisotopic (exact) mass is 196 g/mol. The second-order valence-corrected chi connectivity index (χ2v) is 3.45. The fourth-order valence-electron chi connectivity index (χ4n) is 1.10. The standard InChI is InChI=1S/C12H20O2/c1-3-8-11(2)12(14)9-6-4-5-7-10-13/h3,6,9,11,13H,1,4-5,7-8,10H2,2H3. The third-order valence-corrected chi connectivity index (χ3v) is 2.07. The van der Waals surface area contributed by atoms with Crippen LogP contribution in [0.25, 0.3) is 0 Å². The van der Waals surface area contributed by atoms with Crippen molar-refractivity contribution in [1.82, 2.24) is 0 Å². The average Bonchev–Trinajstić information content (AvgIpc) is 2.17. The van der Waals surface area contributed by atoms with Crippen molar-refractivity contribution in [2.24, 2.45) is 5.92 Å². The fraction of sp³-hybridized carbons (Fsp3) is 0.583. The molecule has 0 heterocycles. The van der Waals surface area contributed by atoms with Gasteiger partial charge in [0.2, 0.25) is 0 Å². The van der Waals surface area contributed by atoms with Gasteiger partial charge in [-0.3, -0.25) is 4.79 Å². The molecule has 0 spiro atoms. The lowest BCUT2D eigenvalue weighted by atomic mass is 10.0. The molecule has 0 aromatic carbocycles. The Kier molecular flexibility index (Phi) is 8.14. The SMILES string of the molecule is C=CCC(C)C(=O)C=CCCCCO. The number of unbranched alkanes of at least 4 members (excludes halogenated alkanes) is 2. The fourth-order valence-corrected chi connectivity index (χ4v) is 1.10. The molecule has 1 unspecified atom stereocenters. The van der Waals surface area contributed by atoms with Crippen molar-refractivity contribution < 1.29 is 9.90 Å². The summed E-state index contributed by atoms with van der Waals surface area (Å²) in [6.45, 7) is 5.74. The van der Waals surface area contributed by atoms with E-state index in [1.54, 1.807) is 12.2 Å². The molecule has 0 aromatic heterocycles. The van der Waals surface area contributed by atoms with E-state index in [1.165, 1.54) is 0 Å². The number of hydrogen-bond acceptors (Lipinski definition) is 2. The molecular formula is C12H20O2. The predicted octanol–water partition coefficient (Wildman–Crippen LogP) is 2.49. The average molecular weight is 196 g/mol. The van der Waals surface area contributed by atoms with Gasteiger partial charge in [0, 0.05) is 12.5 Å². The smallest absolute Gasteiger partial charge is 0.158 e. The van der Waals surface area contributed by atoms with Gasteiger partial charge in [0.25, 0.3) is 0 Å². The highest BCUT2D eigenvalue weighted by Crippen LogP contribution is 2.05. The minimum atomic E-state index is 0.0431. The maximum absolute atomic E-state index is 11.4. The van der Waals surface area contributed by atoms with E-state index in [2.05, 4.69) is 6.58 Å². The van der Waals surface area contributed by atoms with Gasteiger partial charge < -0.3 is 5.11 Å². The van der Waals surface area contributed by atoms with Crippen molar-refractivity contribution in [2.75, 3.05) is 6.61 Å². The summed E-state index contributed by atoms with van der Waals surface area (Å²) in [7, 11) is 0. The molecule has 0 radical (unpaired) electrons. The van der Waals surface area contributed by atoms with E-state index in [1.807, 2.05) is 13.0 Å². The summed E-state index contributed by atoms with van der Waals surface area (Å²) in [6.07, 6.45) is 8.65. The minimum absolute atomic E-state index is 0.0431. The molecule has 0 saturated carbocycles. The van der Waals surface area contributed by atoms with E-state index in [4.69, 9.17) is 5.11 Å². The third kappa shape index (κ3) is 6.61. The molecule has 0 aliphatic heterocycles. The lowest BCUT2D eigenvalue weighted by molar-refractivity contribution is -0.117. The van der Waals surface area contributed by atoms with Crippen LogP contribution < -0.4 is 0 Å². The number of aliphatic hydroxyl groups excluding tert-OH is 1. The molecule has 0 aliphatic rings. The largest absolute Gasteiger partial charge is 0.396 e. The topological polar surface area (TPSA) is 37.3 Å². The quantitative estimate of drug-likeness (QED) is 0.368. The molecule has 0 rings (SSSR count). The minimum Gasteiger partial charge on any atom is -0.396 e. The van der Waals surface area contributed by atoms with Crippen LogP contribution in [-0.4, -0.2) is 17.5 Å². The van der Waals surface area contributed by atoms with Gasteiger partial charge in [0.05, 0.1) is 0 Å². The van der Waals surface area contributed by atoms with Crippen molar-refractivity contribution in [1.29, 1.82) is 0 Å². The molecule has 14 heavy (non-hydrogen) atoms. The van der Waals surface area contributed by atoms with Crippen molar-refractivity contribution >= 4 is 5.78 Å². The van der Waals surface area contributed by atoms with Crippen LogP contribution in [0.15, 0.2) is 24.8 Å². The van der Waals surface area contributed by atoms with Gasteiger partial charge >= 0.3 is 0 Å². The lowest BCUT2D eigenvalue weighted by Gasteiger charge is -2.02. The van der Waals surface area contributed by atoms with Gasteiger partial charge in [-0.25, -0.2) is 0 Å². The highest BCUT2D eigenvalue weighted by Gasteiger charge is 2.06. The summed E-state index contributed by atoms with van der Waals surface area (Å²) in [5.74, 6) is 0.204. The molecule has 0 amide bonds. The molecular weight excluding hydrogens is 176 g/mol. The molecule has 0 aromatic rings. The predicted molar refractivity (Wildman–Crippen MR) is 59.1 cm³/mol. The van der Waals surface area contributed by atoms with Gasteiger partial charge in [0.15, 0.2) is 5.78 Å². The first-order valence-corrected chi connectivity index (χ1v) is 5.14. The molecule has 1 N–H and O–H groups in total. The van der Waals surface area contributed by atoms with Gasteiger partial charge in [-0.15, -0.1) is 6.58 Å². The molecule has 0 saturated heterocycles. The third-order valence-electron chi connectivity index (χ3n) is 2.07. The second kappa shape index (κ2) is 8.70. The number of carbonyl (C=O) groups is 1. The van der Waals surface area contributed by atoms with Crippen LogP contribution in [0, 0.1) is 5.92 Å². The van der Waals surface area contributed by atoms with E-state index in [-0.39, 0.29) is 18.3 Å². The lowest BCUT2D eigenvalue weighted by Crippen LogP contribution is -2.06. The van der Waals surface area contributed by atoms with Crippen molar-refractivity contribution in [3.8, 4) is 0 Å². The molecule has 80 valence electrons. The highest BCUT2D eigenvalue weighted by atomic mass is 16.2. The zero-order valence-electron chi connectivity index (χ0n) is 8.91. The summed E-state index contributed by atoms with van der Waals surface area (Å²) in [5.41, 5.74) is 0. The van der Waals surface area contributed by atoms with Crippen LogP contribution in [0.2, 0.25) is 0 Å². The normalized spacial score (nSPS) is 13.0. The maximum Gasteiger partial charge on any atom is 0.158 e. The van der Waals surface area contributed by atoms with E-state index in [9.17, 15) is 4.79 Å². The van der Waals surface area contributed by atoms with E-state index in [0.717, 1.165) is 25.7 Å². The summed E-state index contributed by atoms with van der Waals surface area (Å²) < 4.78 is 0. The van der Waals surface area contributed by atoms with Crippen LogP contribution in [0.1, 0.15) is 32.6 Å². The number of aliphatic hydroxyl groups is 1. The van der Waals surface area contributed by atoms with Crippen LogP contribution in [0.3, 0.4) is 0 Å². The summed E-state index contributed by atoms with van der Waals surface area (Å²) in [6, 6.07) is 0. The number of ketones is 1. The van der Waals surface area contributed by atoms with Crippen LogP contribution in [-0.2, 0) is 4.79 Å². The first-order chi connectivity index (χ1) is 6.72. The van der Waals surface area contributed by atoms with Gasteiger partial charge in [-0.1, -0.05) is 19.1 Å². The van der Waals surface area contributed by atoms with Crippen LogP contribution >= 0.6 is 0 Å². The van der Waals surface area contributed by atoms with Crippen molar-refractivity contribution in [3.63, 3.8) is 0 Å².